The number of pyridine rings is 1. The van der Waals surface area contributed by atoms with Crippen LogP contribution in [0.2, 0.25) is 0 Å². The highest BCUT2D eigenvalue weighted by atomic mass is 16.1. The lowest BCUT2D eigenvalue weighted by molar-refractivity contribution is 0.313. The molecular weight excluding hydrogens is 412 g/mol. The zero-order valence-electron chi connectivity index (χ0n) is 19.5. The van der Waals surface area contributed by atoms with Gasteiger partial charge in [-0.05, 0) is 56.1 Å². The summed E-state index contributed by atoms with van der Waals surface area (Å²) in [6.07, 6.45) is 6.81. The van der Waals surface area contributed by atoms with Crippen molar-refractivity contribution in [1.82, 2.24) is 19.4 Å². The quantitative estimate of drug-likeness (QED) is 0.615. The number of nitrogens with zero attached hydrogens (tertiary/aromatic N) is 6. The number of likely N-dealkylation sites (N-methyl/N-ethyl adjacent to an activating group) is 1. The first-order valence-electron chi connectivity index (χ1n) is 11.9. The van der Waals surface area contributed by atoms with E-state index in [1.807, 2.05) is 19.2 Å². The molecule has 0 N–H and O–H groups in total. The van der Waals surface area contributed by atoms with Gasteiger partial charge in [-0.3, -0.25) is 14.3 Å². The molecule has 5 rings (SSSR count). The fourth-order valence-corrected chi connectivity index (χ4v) is 4.94. The number of hydrogen-bond donors (Lipinski definition) is 0. The van der Waals surface area contributed by atoms with Crippen LogP contribution in [0.1, 0.15) is 30.9 Å². The van der Waals surface area contributed by atoms with E-state index >= 15 is 0 Å². The number of anilines is 2. The Bertz CT molecular complexity index is 1140. The molecule has 0 bridgehead atoms. The lowest BCUT2D eigenvalue weighted by Gasteiger charge is -2.38. The molecule has 1 unspecified atom stereocenters. The SMILES string of the molecule is CN1CCN(c2ccc(C3CCCCN3c3nc(-c4ccncc4)cc(=O)n3C)cc2)CC1. The van der Waals surface area contributed by atoms with E-state index in [4.69, 9.17) is 4.98 Å². The van der Waals surface area contributed by atoms with Crippen LogP contribution in [-0.2, 0) is 7.05 Å². The molecule has 33 heavy (non-hydrogen) atoms. The average molecular weight is 445 g/mol. The van der Waals surface area contributed by atoms with Crippen molar-refractivity contribution in [3.05, 3.63) is 70.8 Å². The Morgan fingerprint density at radius 1 is 0.879 bits per heavy atom. The van der Waals surface area contributed by atoms with Crippen LogP contribution < -0.4 is 15.4 Å². The summed E-state index contributed by atoms with van der Waals surface area (Å²) in [5, 5.41) is 0. The third-order valence-electron chi connectivity index (χ3n) is 6.99. The number of rotatable bonds is 4. The monoisotopic (exact) mass is 444 g/mol. The molecule has 2 fully saturated rings. The molecule has 3 aromatic rings. The van der Waals surface area contributed by atoms with Gasteiger partial charge in [-0.2, -0.15) is 0 Å². The van der Waals surface area contributed by atoms with Crippen molar-refractivity contribution < 1.29 is 0 Å². The van der Waals surface area contributed by atoms with Crippen molar-refractivity contribution >= 4 is 11.6 Å². The fraction of sp³-hybridized carbons (Fsp3) is 0.423. The molecule has 4 heterocycles. The van der Waals surface area contributed by atoms with E-state index in [9.17, 15) is 4.79 Å². The molecule has 2 aromatic heterocycles. The van der Waals surface area contributed by atoms with Gasteiger partial charge in [0.05, 0.1) is 11.7 Å². The smallest absolute Gasteiger partial charge is 0.255 e. The van der Waals surface area contributed by atoms with Crippen molar-refractivity contribution in [1.29, 1.82) is 0 Å². The molecule has 1 aromatic carbocycles. The van der Waals surface area contributed by atoms with E-state index in [1.54, 1.807) is 23.0 Å². The standard InChI is InChI=1S/C26H32N6O/c1-29-15-17-31(18-16-29)22-8-6-21(7-9-22)24-5-3-4-14-32(24)26-28-23(19-25(33)30(26)2)20-10-12-27-13-11-20/h6-13,19,24H,3-5,14-18H2,1-2H3. The number of piperidine rings is 1. The molecule has 7 heteroatoms. The van der Waals surface area contributed by atoms with E-state index in [0.717, 1.165) is 57.1 Å². The summed E-state index contributed by atoms with van der Waals surface area (Å²) in [5.74, 6) is 0.738. The van der Waals surface area contributed by atoms with Gasteiger partial charge in [0.25, 0.3) is 5.56 Å². The highest BCUT2D eigenvalue weighted by Gasteiger charge is 2.28. The summed E-state index contributed by atoms with van der Waals surface area (Å²) in [5.41, 5.74) is 4.15. The topological polar surface area (TPSA) is 57.5 Å². The van der Waals surface area contributed by atoms with Gasteiger partial charge >= 0.3 is 0 Å². The minimum Gasteiger partial charge on any atom is -0.369 e. The summed E-state index contributed by atoms with van der Waals surface area (Å²) < 4.78 is 1.68. The van der Waals surface area contributed by atoms with Crippen LogP contribution in [0.4, 0.5) is 11.6 Å². The zero-order chi connectivity index (χ0) is 22.8. The van der Waals surface area contributed by atoms with Gasteiger partial charge in [0.1, 0.15) is 0 Å². The van der Waals surface area contributed by atoms with Gasteiger partial charge in [-0.25, -0.2) is 4.98 Å². The summed E-state index contributed by atoms with van der Waals surface area (Å²) in [7, 11) is 4.01. The van der Waals surface area contributed by atoms with Crippen LogP contribution in [0.5, 0.6) is 0 Å². The first-order chi connectivity index (χ1) is 16.1. The van der Waals surface area contributed by atoms with Crippen molar-refractivity contribution in [3.63, 3.8) is 0 Å². The second-order valence-electron chi connectivity index (χ2n) is 9.16. The number of aromatic nitrogens is 3. The van der Waals surface area contributed by atoms with E-state index in [1.165, 1.54) is 17.7 Å². The minimum atomic E-state index is -0.0402. The molecule has 2 aliphatic heterocycles. The molecule has 0 amide bonds. The van der Waals surface area contributed by atoms with Crippen LogP contribution in [0, 0.1) is 0 Å². The number of piperazine rings is 1. The van der Waals surface area contributed by atoms with Crippen molar-refractivity contribution in [2.45, 2.75) is 25.3 Å². The molecular formula is C26H32N6O. The van der Waals surface area contributed by atoms with Crippen molar-refractivity contribution in [2.75, 3.05) is 49.6 Å². The molecule has 0 spiro atoms. The van der Waals surface area contributed by atoms with Crippen LogP contribution in [-0.4, -0.2) is 59.2 Å². The van der Waals surface area contributed by atoms with Crippen molar-refractivity contribution in [2.24, 2.45) is 7.05 Å². The number of hydrogen-bond acceptors (Lipinski definition) is 6. The van der Waals surface area contributed by atoms with Crippen LogP contribution >= 0.6 is 0 Å². The lowest BCUT2D eigenvalue weighted by Crippen LogP contribution is -2.44. The Balaban J connectivity index is 1.45. The minimum absolute atomic E-state index is 0.0402. The van der Waals surface area contributed by atoms with E-state index < -0.39 is 0 Å². The average Bonchev–Trinajstić information content (AvgIpc) is 2.87. The second kappa shape index (κ2) is 9.35. The maximum absolute atomic E-state index is 12.8. The Morgan fingerprint density at radius 3 is 2.33 bits per heavy atom. The number of benzene rings is 1. The third-order valence-corrected chi connectivity index (χ3v) is 6.99. The molecule has 0 saturated carbocycles. The Kier molecular flexibility index (Phi) is 6.13. The highest BCUT2D eigenvalue weighted by Crippen LogP contribution is 2.35. The highest BCUT2D eigenvalue weighted by molar-refractivity contribution is 5.60. The van der Waals surface area contributed by atoms with E-state index in [-0.39, 0.29) is 11.6 Å². The van der Waals surface area contributed by atoms with Gasteiger partial charge < -0.3 is 14.7 Å². The normalized spacial score (nSPS) is 19.6. The Hall–Kier alpha value is -3.19. The third kappa shape index (κ3) is 4.50. The maximum Gasteiger partial charge on any atom is 0.255 e. The van der Waals surface area contributed by atoms with Crippen LogP contribution in [0.25, 0.3) is 11.3 Å². The van der Waals surface area contributed by atoms with Gasteiger partial charge in [0.2, 0.25) is 5.95 Å². The lowest BCUT2D eigenvalue weighted by atomic mass is 9.95. The predicted molar refractivity (Wildman–Crippen MR) is 133 cm³/mol. The maximum atomic E-state index is 12.8. The molecule has 1 atom stereocenters. The van der Waals surface area contributed by atoms with Gasteiger partial charge in [-0.1, -0.05) is 12.1 Å². The second-order valence-corrected chi connectivity index (χ2v) is 9.16. The van der Waals surface area contributed by atoms with Crippen molar-refractivity contribution in [3.8, 4) is 11.3 Å². The molecule has 172 valence electrons. The molecule has 7 nitrogen and oxygen atoms in total. The van der Waals surface area contributed by atoms with E-state index in [0.29, 0.717) is 5.69 Å². The van der Waals surface area contributed by atoms with Crippen LogP contribution in [0.15, 0.2) is 59.7 Å². The molecule has 2 aliphatic rings. The molecule has 0 aliphatic carbocycles. The first kappa shape index (κ1) is 21.6. The Morgan fingerprint density at radius 2 is 1.61 bits per heavy atom. The first-order valence-corrected chi connectivity index (χ1v) is 11.9. The predicted octanol–water partition coefficient (Wildman–Crippen LogP) is 3.33. The summed E-state index contributed by atoms with van der Waals surface area (Å²) >= 11 is 0. The van der Waals surface area contributed by atoms with Gasteiger partial charge in [-0.15, -0.1) is 0 Å². The summed E-state index contributed by atoms with van der Waals surface area (Å²) in [4.78, 5) is 29.0. The van der Waals surface area contributed by atoms with E-state index in [2.05, 4.69) is 51.0 Å². The summed E-state index contributed by atoms with van der Waals surface area (Å²) in [6, 6.07) is 14.7. The Labute approximate surface area is 195 Å². The largest absolute Gasteiger partial charge is 0.369 e. The zero-order valence-corrected chi connectivity index (χ0v) is 19.5. The van der Waals surface area contributed by atoms with Gasteiger partial charge in [0, 0.05) is 69.5 Å². The molecule has 0 radical (unpaired) electrons. The summed E-state index contributed by atoms with van der Waals surface area (Å²) in [6.45, 7) is 5.24. The van der Waals surface area contributed by atoms with Gasteiger partial charge in [0.15, 0.2) is 0 Å². The molecule has 2 saturated heterocycles. The van der Waals surface area contributed by atoms with Crippen LogP contribution in [0.3, 0.4) is 0 Å². The fourth-order valence-electron chi connectivity index (χ4n) is 4.94.